The Hall–Kier alpha value is -2.61. The van der Waals surface area contributed by atoms with Crippen LogP contribution < -0.4 is 9.62 Å². The molecule has 0 heterocycles. The van der Waals surface area contributed by atoms with E-state index in [1.807, 2.05) is 0 Å². The van der Waals surface area contributed by atoms with E-state index in [1.54, 1.807) is 24.3 Å². The van der Waals surface area contributed by atoms with Gasteiger partial charge in [0.1, 0.15) is 5.82 Å². The fourth-order valence-corrected chi connectivity index (χ4v) is 4.16. The topological polar surface area (TPSA) is 66.5 Å². The Morgan fingerprint density at radius 2 is 1.60 bits per heavy atom. The zero-order chi connectivity index (χ0) is 21.9. The number of nitrogens with zero attached hydrogens (tertiary/aromatic N) is 1. The molecule has 0 aliphatic rings. The van der Waals surface area contributed by atoms with Gasteiger partial charge in [-0.05, 0) is 54.6 Å². The number of carbonyl (C=O) groups is 1. The van der Waals surface area contributed by atoms with Crippen molar-refractivity contribution >= 4 is 50.5 Å². The molecule has 0 unspecified atom stereocenters. The summed E-state index contributed by atoms with van der Waals surface area (Å²) in [7, 11) is -3.66. The van der Waals surface area contributed by atoms with Gasteiger partial charge in [0, 0.05) is 26.9 Å². The normalized spacial score (nSPS) is 11.2. The molecule has 1 amide bonds. The van der Waals surface area contributed by atoms with Crippen molar-refractivity contribution in [3.63, 3.8) is 0 Å². The number of hydrogen-bond acceptors (Lipinski definition) is 3. The molecule has 30 heavy (non-hydrogen) atoms. The SMILES string of the molecule is CS(=O)(=O)N(Cc1c(Cl)cccc1Cl)c1ccc(C(=O)Nc2cccc(F)c2)cc1. The van der Waals surface area contributed by atoms with Crippen LogP contribution in [-0.4, -0.2) is 20.6 Å². The summed E-state index contributed by atoms with van der Waals surface area (Å²) >= 11 is 12.4. The highest BCUT2D eigenvalue weighted by atomic mass is 35.5. The number of benzene rings is 3. The van der Waals surface area contributed by atoms with Gasteiger partial charge in [-0.1, -0.05) is 35.3 Å². The molecule has 9 heteroatoms. The fourth-order valence-electron chi connectivity index (χ4n) is 2.78. The minimum atomic E-state index is -3.66. The summed E-state index contributed by atoms with van der Waals surface area (Å²) in [5.74, 6) is -0.919. The van der Waals surface area contributed by atoms with Crippen LogP contribution in [0.5, 0.6) is 0 Å². The Kier molecular flexibility index (Phi) is 6.65. The number of carbonyl (C=O) groups excluding carboxylic acids is 1. The van der Waals surface area contributed by atoms with Crippen molar-refractivity contribution in [3.8, 4) is 0 Å². The van der Waals surface area contributed by atoms with Crippen LogP contribution in [0.15, 0.2) is 66.7 Å². The quantitative estimate of drug-likeness (QED) is 0.532. The van der Waals surface area contributed by atoms with E-state index in [2.05, 4.69) is 5.32 Å². The monoisotopic (exact) mass is 466 g/mol. The lowest BCUT2D eigenvalue weighted by Crippen LogP contribution is -2.29. The third kappa shape index (κ3) is 5.30. The molecule has 0 aliphatic heterocycles. The number of nitrogens with one attached hydrogen (secondary N) is 1. The molecule has 0 bridgehead atoms. The van der Waals surface area contributed by atoms with E-state index >= 15 is 0 Å². The van der Waals surface area contributed by atoms with Gasteiger partial charge in [0.25, 0.3) is 5.91 Å². The summed E-state index contributed by atoms with van der Waals surface area (Å²) in [6.45, 7) is -0.0633. The van der Waals surface area contributed by atoms with E-state index < -0.39 is 21.7 Å². The van der Waals surface area contributed by atoms with Crippen molar-refractivity contribution in [1.29, 1.82) is 0 Å². The van der Waals surface area contributed by atoms with E-state index in [-0.39, 0.29) is 12.1 Å². The number of anilines is 2. The van der Waals surface area contributed by atoms with Crippen LogP contribution in [0, 0.1) is 5.82 Å². The molecular weight excluding hydrogens is 450 g/mol. The van der Waals surface area contributed by atoms with Crippen LogP contribution in [0.2, 0.25) is 10.0 Å². The van der Waals surface area contributed by atoms with Gasteiger partial charge < -0.3 is 5.32 Å². The predicted octanol–water partition coefficient (Wildman–Crippen LogP) is 5.35. The molecule has 0 saturated heterocycles. The minimum absolute atomic E-state index is 0.0633. The molecule has 3 aromatic rings. The van der Waals surface area contributed by atoms with Crippen molar-refractivity contribution < 1.29 is 17.6 Å². The second-order valence-corrected chi connectivity index (χ2v) is 9.20. The van der Waals surface area contributed by atoms with E-state index in [0.29, 0.717) is 27.0 Å². The van der Waals surface area contributed by atoms with Crippen molar-refractivity contribution in [2.45, 2.75) is 6.54 Å². The summed E-state index contributed by atoms with van der Waals surface area (Å²) < 4.78 is 39.2. The summed E-state index contributed by atoms with van der Waals surface area (Å²) in [4.78, 5) is 12.4. The van der Waals surface area contributed by atoms with Crippen LogP contribution in [0.25, 0.3) is 0 Å². The van der Waals surface area contributed by atoms with Crippen LogP contribution >= 0.6 is 23.2 Å². The summed E-state index contributed by atoms with van der Waals surface area (Å²) in [6, 6.07) is 16.4. The van der Waals surface area contributed by atoms with Crippen molar-refractivity contribution in [3.05, 3.63) is 93.7 Å². The van der Waals surface area contributed by atoms with Gasteiger partial charge in [-0.15, -0.1) is 0 Å². The first kappa shape index (κ1) is 22.1. The maximum atomic E-state index is 13.3. The zero-order valence-electron chi connectivity index (χ0n) is 15.8. The number of sulfonamides is 1. The lowest BCUT2D eigenvalue weighted by Gasteiger charge is -2.23. The van der Waals surface area contributed by atoms with Gasteiger partial charge in [0.05, 0.1) is 18.5 Å². The first-order chi connectivity index (χ1) is 14.1. The third-order valence-corrected chi connectivity index (χ3v) is 6.11. The van der Waals surface area contributed by atoms with Gasteiger partial charge in [0.2, 0.25) is 10.0 Å². The first-order valence-corrected chi connectivity index (χ1v) is 11.3. The van der Waals surface area contributed by atoms with E-state index in [4.69, 9.17) is 23.2 Å². The van der Waals surface area contributed by atoms with E-state index in [0.717, 1.165) is 10.6 Å². The largest absolute Gasteiger partial charge is 0.322 e. The maximum absolute atomic E-state index is 13.3. The number of amides is 1. The molecule has 1 N–H and O–H groups in total. The van der Waals surface area contributed by atoms with Crippen LogP contribution in [0.1, 0.15) is 15.9 Å². The van der Waals surface area contributed by atoms with E-state index in [1.165, 1.54) is 42.5 Å². The van der Waals surface area contributed by atoms with Crippen molar-refractivity contribution in [2.24, 2.45) is 0 Å². The molecule has 0 spiro atoms. The van der Waals surface area contributed by atoms with Gasteiger partial charge in [-0.2, -0.15) is 0 Å². The highest BCUT2D eigenvalue weighted by Crippen LogP contribution is 2.29. The average Bonchev–Trinajstić information content (AvgIpc) is 2.67. The molecule has 0 radical (unpaired) electrons. The van der Waals surface area contributed by atoms with Crippen LogP contribution in [-0.2, 0) is 16.6 Å². The summed E-state index contributed by atoms with van der Waals surface area (Å²) in [6.07, 6.45) is 1.07. The lowest BCUT2D eigenvalue weighted by molar-refractivity contribution is 0.102. The van der Waals surface area contributed by atoms with Crippen molar-refractivity contribution in [2.75, 3.05) is 15.9 Å². The molecular formula is C21H17Cl2FN2O3S. The maximum Gasteiger partial charge on any atom is 0.255 e. The highest BCUT2D eigenvalue weighted by molar-refractivity contribution is 7.92. The highest BCUT2D eigenvalue weighted by Gasteiger charge is 2.21. The Morgan fingerprint density at radius 1 is 1.00 bits per heavy atom. The van der Waals surface area contributed by atoms with Gasteiger partial charge >= 0.3 is 0 Å². The first-order valence-electron chi connectivity index (χ1n) is 8.73. The molecule has 156 valence electrons. The lowest BCUT2D eigenvalue weighted by atomic mass is 10.1. The number of rotatable bonds is 6. The molecule has 5 nitrogen and oxygen atoms in total. The van der Waals surface area contributed by atoms with Gasteiger partial charge in [0.15, 0.2) is 0 Å². The smallest absolute Gasteiger partial charge is 0.255 e. The molecule has 3 rings (SSSR count). The molecule has 0 saturated carbocycles. The summed E-state index contributed by atoms with van der Waals surface area (Å²) in [5, 5.41) is 3.29. The Bertz CT molecular complexity index is 1160. The standard InChI is InChI=1S/C21H17Cl2FN2O3S/c1-30(28,29)26(13-18-19(22)6-3-7-20(18)23)17-10-8-14(9-11-17)21(27)25-16-5-2-4-15(24)12-16/h2-12H,13H2,1H3,(H,25,27). The molecule has 0 aromatic heterocycles. The second-order valence-electron chi connectivity index (χ2n) is 6.48. The van der Waals surface area contributed by atoms with Crippen LogP contribution in [0.4, 0.5) is 15.8 Å². The fraction of sp³-hybridized carbons (Fsp3) is 0.0952. The molecule has 3 aromatic carbocycles. The van der Waals surface area contributed by atoms with Crippen molar-refractivity contribution in [1.82, 2.24) is 0 Å². The van der Waals surface area contributed by atoms with Crippen LogP contribution in [0.3, 0.4) is 0 Å². The third-order valence-electron chi connectivity index (χ3n) is 4.26. The van der Waals surface area contributed by atoms with E-state index in [9.17, 15) is 17.6 Å². The molecule has 0 fully saturated rings. The Labute approximate surface area is 184 Å². The Morgan fingerprint density at radius 3 is 2.17 bits per heavy atom. The number of hydrogen-bond donors (Lipinski definition) is 1. The summed E-state index contributed by atoms with van der Waals surface area (Å²) in [5.41, 5.74) is 1.41. The van der Waals surface area contributed by atoms with Gasteiger partial charge in [-0.25, -0.2) is 12.8 Å². The minimum Gasteiger partial charge on any atom is -0.322 e. The molecule has 0 aliphatic carbocycles. The van der Waals surface area contributed by atoms with Gasteiger partial charge in [-0.3, -0.25) is 9.10 Å². The number of halogens is 3. The average molecular weight is 467 g/mol. The zero-order valence-corrected chi connectivity index (χ0v) is 18.1. The second kappa shape index (κ2) is 9.04. The Balaban J connectivity index is 1.85. The predicted molar refractivity (Wildman–Crippen MR) is 118 cm³/mol. The molecule has 0 atom stereocenters.